The van der Waals surface area contributed by atoms with Gasteiger partial charge in [-0.1, -0.05) is 53.7 Å². The minimum Gasteiger partial charge on any atom is -0.469 e. The highest BCUT2D eigenvalue weighted by atomic mass is 16.5. The zero-order valence-electron chi connectivity index (χ0n) is 16.0. The second-order valence-electron chi connectivity index (χ2n) is 7.37. The first-order valence-electron chi connectivity index (χ1n) is 8.70. The molecule has 0 saturated heterocycles. The van der Waals surface area contributed by atoms with Crippen LogP contribution in [0, 0.1) is 0 Å². The lowest BCUT2D eigenvalue weighted by molar-refractivity contribution is -0.144. The molecule has 1 rings (SSSR count). The normalized spacial score (nSPS) is 14.3. The van der Waals surface area contributed by atoms with Crippen LogP contribution in [0.25, 0.3) is 0 Å². The monoisotopic (exact) mass is 336 g/mol. The van der Waals surface area contributed by atoms with E-state index in [1.54, 1.807) is 0 Å². The largest absolute Gasteiger partial charge is 0.469 e. The molecule has 0 saturated carbocycles. The summed E-state index contributed by atoms with van der Waals surface area (Å²) in [6.45, 7) is 12.6. The summed E-state index contributed by atoms with van der Waals surface area (Å²) in [5, 5.41) is 21.1. The van der Waals surface area contributed by atoms with Gasteiger partial charge in [0.1, 0.15) is 6.10 Å². The Morgan fingerprint density at radius 2 is 1.42 bits per heavy atom. The van der Waals surface area contributed by atoms with Crippen molar-refractivity contribution in [2.24, 2.45) is 0 Å². The summed E-state index contributed by atoms with van der Waals surface area (Å²) in [6.07, 6.45) is -2.52. The number of carbonyl (C=O) groups is 1. The Kier molecular flexibility index (Phi) is 7.43. The Labute approximate surface area is 145 Å². The number of ether oxygens (including phenoxy) is 1. The minimum absolute atomic E-state index is 0.205. The van der Waals surface area contributed by atoms with E-state index in [-0.39, 0.29) is 18.3 Å². The van der Waals surface area contributed by atoms with Crippen LogP contribution in [-0.2, 0) is 9.53 Å². The summed E-state index contributed by atoms with van der Waals surface area (Å²) in [5.41, 5.74) is 4.03. The maximum absolute atomic E-state index is 11.4. The molecule has 2 atom stereocenters. The number of hydrogen-bond acceptors (Lipinski definition) is 4. The van der Waals surface area contributed by atoms with E-state index in [9.17, 15) is 15.0 Å². The molecule has 0 bridgehead atoms. The summed E-state index contributed by atoms with van der Waals surface area (Å²) in [6, 6.07) is 4.23. The number of esters is 1. The quantitative estimate of drug-likeness (QED) is 0.738. The van der Waals surface area contributed by atoms with Gasteiger partial charge >= 0.3 is 5.97 Å². The summed E-state index contributed by atoms with van der Waals surface area (Å²) >= 11 is 0. The van der Waals surface area contributed by atoms with Crippen molar-refractivity contribution in [3.8, 4) is 0 Å². The number of benzene rings is 1. The number of methoxy groups -OCH3 is 1. The molecule has 4 heteroatoms. The van der Waals surface area contributed by atoms with Crippen molar-refractivity contribution in [2.75, 3.05) is 7.11 Å². The molecule has 24 heavy (non-hydrogen) atoms. The molecule has 1 aromatic rings. The Bertz CT molecular complexity index is 532. The van der Waals surface area contributed by atoms with Gasteiger partial charge in [0, 0.05) is 0 Å². The third-order valence-electron chi connectivity index (χ3n) is 4.44. The van der Waals surface area contributed by atoms with Crippen molar-refractivity contribution in [3.63, 3.8) is 0 Å². The number of aliphatic hydroxyl groups is 2. The SMILES string of the molecule is COC(=O)CC(O)C(O)c1c(C(C)C)cc(C(C)C)cc1C(C)C. The zero-order valence-corrected chi connectivity index (χ0v) is 16.0. The van der Waals surface area contributed by atoms with E-state index in [0.29, 0.717) is 5.92 Å². The van der Waals surface area contributed by atoms with Crippen LogP contribution in [0.4, 0.5) is 0 Å². The molecule has 0 fully saturated rings. The van der Waals surface area contributed by atoms with E-state index < -0.39 is 18.2 Å². The van der Waals surface area contributed by atoms with E-state index in [1.165, 1.54) is 12.7 Å². The average Bonchev–Trinajstić information content (AvgIpc) is 2.52. The lowest BCUT2D eigenvalue weighted by Gasteiger charge is -2.28. The predicted octanol–water partition coefficient (Wildman–Crippen LogP) is 4.01. The molecule has 0 spiro atoms. The zero-order chi connectivity index (χ0) is 18.6. The molecule has 0 aliphatic rings. The second-order valence-corrected chi connectivity index (χ2v) is 7.37. The first-order chi connectivity index (χ1) is 11.1. The highest BCUT2D eigenvalue weighted by Crippen LogP contribution is 2.37. The van der Waals surface area contributed by atoms with Crippen molar-refractivity contribution in [1.29, 1.82) is 0 Å². The van der Waals surface area contributed by atoms with Gasteiger partial charge in [0.25, 0.3) is 0 Å². The molecular formula is C20H32O4. The lowest BCUT2D eigenvalue weighted by Crippen LogP contribution is -2.25. The van der Waals surface area contributed by atoms with E-state index in [1.807, 2.05) is 0 Å². The van der Waals surface area contributed by atoms with Gasteiger partial charge < -0.3 is 14.9 Å². The maximum Gasteiger partial charge on any atom is 0.308 e. The first kappa shape index (κ1) is 20.7. The van der Waals surface area contributed by atoms with Crippen molar-refractivity contribution in [2.45, 2.75) is 77.9 Å². The molecule has 0 radical (unpaired) electrons. The van der Waals surface area contributed by atoms with E-state index >= 15 is 0 Å². The topological polar surface area (TPSA) is 66.8 Å². The molecule has 2 N–H and O–H groups in total. The van der Waals surface area contributed by atoms with Crippen molar-refractivity contribution < 1.29 is 19.7 Å². The van der Waals surface area contributed by atoms with Crippen molar-refractivity contribution in [3.05, 3.63) is 34.4 Å². The van der Waals surface area contributed by atoms with E-state index in [0.717, 1.165) is 16.7 Å². The molecule has 0 aliphatic carbocycles. The van der Waals surface area contributed by atoms with Gasteiger partial charge in [0.05, 0.1) is 19.6 Å². The smallest absolute Gasteiger partial charge is 0.308 e. The van der Waals surface area contributed by atoms with Gasteiger partial charge in [0.2, 0.25) is 0 Å². The van der Waals surface area contributed by atoms with Crippen LogP contribution in [0.3, 0.4) is 0 Å². The highest BCUT2D eigenvalue weighted by molar-refractivity contribution is 5.70. The van der Waals surface area contributed by atoms with Crippen LogP contribution in [0.1, 0.15) is 94.1 Å². The number of rotatable bonds is 7. The molecule has 0 aliphatic heterocycles. The maximum atomic E-state index is 11.4. The molecule has 0 aromatic heterocycles. The summed E-state index contributed by atoms with van der Waals surface area (Å²) in [7, 11) is 1.28. The molecule has 136 valence electrons. The van der Waals surface area contributed by atoms with Gasteiger partial charge in [-0.3, -0.25) is 4.79 Å². The number of carbonyl (C=O) groups excluding carboxylic acids is 1. The fourth-order valence-corrected chi connectivity index (χ4v) is 2.91. The van der Waals surface area contributed by atoms with Gasteiger partial charge in [-0.15, -0.1) is 0 Å². The average molecular weight is 336 g/mol. The third-order valence-corrected chi connectivity index (χ3v) is 4.44. The van der Waals surface area contributed by atoms with Crippen LogP contribution in [0.5, 0.6) is 0 Å². The molecule has 1 aromatic carbocycles. The van der Waals surface area contributed by atoms with E-state index in [2.05, 4.69) is 58.4 Å². The number of aliphatic hydroxyl groups excluding tert-OH is 2. The fourth-order valence-electron chi connectivity index (χ4n) is 2.91. The van der Waals surface area contributed by atoms with Gasteiger partial charge in [-0.2, -0.15) is 0 Å². The molecule has 0 amide bonds. The highest BCUT2D eigenvalue weighted by Gasteiger charge is 2.28. The Hall–Kier alpha value is -1.39. The van der Waals surface area contributed by atoms with Crippen molar-refractivity contribution in [1.82, 2.24) is 0 Å². The van der Waals surface area contributed by atoms with Crippen LogP contribution < -0.4 is 0 Å². The van der Waals surface area contributed by atoms with Crippen LogP contribution in [-0.4, -0.2) is 29.4 Å². The van der Waals surface area contributed by atoms with Gasteiger partial charge in [-0.05, 0) is 40.0 Å². The fraction of sp³-hybridized carbons (Fsp3) is 0.650. The summed E-state index contributed by atoms with van der Waals surface area (Å²) in [4.78, 5) is 11.4. The van der Waals surface area contributed by atoms with Crippen LogP contribution >= 0.6 is 0 Å². The first-order valence-corrected chi connectivity index (χ1v) is 8.70. The summed E-state index contributed by atoms with van der Waals surface area (Å²) < 4.78 is 4.60. The van der Waals surface area contributed by atoms with E-state index in [4.69, 9.17) is 0 Å². The summed E-state index contributed by atoms with van der Waals surface area (Å²) in [5.74, 6) is 0.260. The Balaban J connectivity index is 3.45. The molecule has 4 nitrogen and oxygen atoms in total. The minimum atomic E-state index is -1.18. The molecule has 2 unspecified atom stereocenters. The van der Waals surface area contributed by atoms with Crippen LogP contribution in [0.15, 0.2) is 12.1 Å². The Morgan fingerprint density at radius 1 is 0.958 bits per heavy atom. The predicted molar refractivity (Wildman–Crippen MR) is 96.3 cm³/mol. The third kappa shape index (κ3) is 4.81. The van der Waals surface area contributed by atoms with Gasteiger partial charge in [0.15, 0.2) is 0 Å². The standard InChI is InChI=1S/C20H32O4/c1-11(2)14-8-15(12(3)4)19(16(9-14)13(5)6)20(23)17(21)10-18(22)24-7/h8-9,11-13,17,20-21,23H,10H2,1-7H3. The molecular weight excluding hydrogens is 304 g/mol. The lowest BCUT2D eigenvalue weighted by atomic mass is 9.81. The van der Waals surface area contributed by atoms with Gasteiger partial charge in [-0.25, -0.2) is 0 Å². The van der Waals surface area contributed by atoms with Crippen molar-refractivity contribution >= 4 is 5.97 Å². The van der Waals surface area contributed by atoms with Crippen LogP contribution in [0.2, 0.25) is 0 Å². The number of hydrogen-bond donors (Lipinski definition) is 2. The second kappa shape index (κ2) is 8.63. The Morgan fingerprint density at radius 3 is 1.75 bits per heavy atom. The molecule has 0 heterocycles.